The van der Waals surface area contributed by atoms with Gasteiger partial charge in [-0.25, -0.2) is 0 Å². The van der Waals surface area contributed by atoms with Gasteiger partial charge < -0.3 is 4.74 Å². The Labute approximate surface area is 96.8 Å². The number of benzene rings is 1. The maximum absolute atomic E-state index is 5.88. The molecule has 0 radical (unpaired) electrons. The van der Waals surface area contributed by atoms with Crippen LogP contribution in [-0.4, -0.2) is 0 Å². The van der Waals surface area contributed by atoms with Gasteiger partial charge in [0.25, 0.3) is 0 Å². The summed E-state index contributed by atoms with van der Waals surface area (Å²) in [5.74, 6) is 1.83. The molecule has 0 unspecified atom stereocenters. The average Bonchev–Trinajstić information content (AvgIpc) is 2.30. The van der Waals surface area contributed by atoms with E-state index in [1.165, 1.54) is 5.57 Å². The fraction of sp³-hybridized carbons (Fsp3) is 0.200. The van der Waals surface area contributed by atoms with Crippen molar-refractivity contribution in [2.24, 2.45) is 0 Å². The third-order valence-corrected chi connectivity index (χ3v) is 2.77. The highest BCUT2D eigenvalue weighted by molar-refractivity contribution is 5.83. The summed E-state index contributed by atoms with van der Waals surface area (Å²) in [4.78, 5) is 0. The van der Waals surface area contributed by atoms with Gasteiger partial charge >= 0.3 is 0 Å². The van der Waals surface area contributed by atoms with E-state index in [-0.39, 0.29) is 0 Å². The second-order valence-electron chi connectivity index (χ2n) is 3.77. The topological polar surface area (TPSA) is 9.23 Å². The fourth-order valence-electron chi connectivity index (χ4n) is 1.97. The minimum atomic E-state index is 0.901. The molecule has 1 aromatic carbocycles. The molecule has 1 aliphatic heterocycles. The lowest BCUT2D eigenvalue weighted by Crippen LogP contribution is -2.07. The minimum Gasteiger partial charge on any atom is -0.456 e. The van der Waals surface area contributed by atoms with Gasteiger partial charge in [-0.05, 0) is 31.1 Å². The van der Waals surface area contributed by atoms with E-state index in [9.17, 15) is 0 Å². The number of allylic oxidation sites excluding steroid dienone is 4. The lowest BCUT2D eigenvalue weighted by molar-refractivity contribution is 0.431. The highest BCUT2D eigenvalue weighted by Crippen LogP contribution is 2.38. The maximum Gasteiger partial charge on any atom is 0.135 e. The van der Waals surface area contributed by atoms with Crippen molar-refractivity contribution in [1.29, 1.82) is 0 Å². The van der Waals surface area contributed by atoms with E-state index in [0.717, 1.165) is 29.1 Å². The monoisotopic (exact) mass is 212 g/mol. The lowest BCUT2D eigenvalue weighted by Gasteiger charge is -2.23. The molecular formula is C15H16O. The zero-order valence-corrected chi connectivity index (χ0v) is 9.79. The molecule has 0 atom stereocenters. The van der Waals surface area contributed by atoms with Gasteiger partial charge in [-0.2, -0.15) is 0 Å². The summed E-state index contributed by atoms with van der Waals surface area (Å²) in [5.41, 5.74) is 3.38. The predicted octanol–water partition coefficient (Wildman–Crippen LogP) is 4.33. The average molecular weight is 212 g/mol. The molecule has 0 aromatic heterocycles. The molecular weight excluding hydrogens is 196 g/mol. The van der Waals surface area contributed by atoms with Crippen molar-refractivity contribution in [2.45, 2.75) is 20.3 Å². The molecule has 1 nitrogen and oxygen atoms in total. The molecule has 0 spiro atoms. The van der Waals surface area contributed by atoms with Crippen LogP contribution >= 0.6 is 0 Å². The standard InChI is InChI=1S/C15H16O/c1-4-8-14-12(5-2)11(3)13-9-6-7-10-15(13)16-14/h4,6-10H,3,5H2,1-2H3/b8-4-. The summed E-state index contributed by atoms with van der Waals surface area (Å²) in [6.07, 6.45) is 4.93. The first-order valence-corrected chi connectivity index (χ1v) is 5.60. The summed E-state index contributed by atoms with van der Waals surface area (Å²) in [6, 6.07) is 8.04. The van der Waals surface area contributed by atoms with E-state index in [2.05, 4.69) is 19.6 Å². The SMILES string of the molecule is C=C1C(CC)=C(/C=C\C)Oc2ccccc21. The summed E-state index contributed by atoms with van der Waals surface area (Å²) >= 11 is 0. The smallest absolute Gasteiger partial charge is 0.135 e. The molecule has 0 N–H and O–H groups in total. The second-order valence-corrected chi connectivity index (χ2v) is 3.77. The molecule has 0 amide bonds. The molecule has 0 fully saturated rings. The summed E-state index contributed by atoms with van der Waals surface area (Å²) in [6.45, 7) is 8.29. The van der Waals surface area contributed by atoms with Gasteiger partial charge in [0.15, 0.2) is 0 Å². The Kier molecular flexibility index (Phi) is 2.95. The molecule has 16 heavy (non-hydrogen) atoms. The van der Waals surface area contributed by atoms with Gasteiger partial charge in [-0.1, -0.05) is 37.8 Å². The van der Waals surface area contributed by atoms with Gasteiger partial charge in [0.2, 0.25) is 0 Å². The number of ether oxygens (including phenoxy) is 1. The molecule has 1 heteroatoms. The van der Waals surface area contributed by atoms with Crippen molar-refractivity contribution in [3.8, 4) is 5.75 Å². The van der Waals surface area contributed by atoms with E-state index in [1.807, 2.05) is 37.3 Å². The van der Waals surface area contributed by atoms with Crippen LogP contribution in [-0.2, 0) is 0 Å². The Bertz CT molecular complexity index is 478. The predicted molar refractivity (Wildman–Crippen MR) is 68.2 cm³/mol. The Balaban J connectivity index is 2.53. The third-order valence-electron chi connectivity index (χ3n) is 2.77. The van der Waals surface area contributed by atoms with Gasteiger partial charge in [-0.3, -0.25) is 0 Å². The van der Waals surface area contributed by atoms with Crippen molar-refractivity contribution >= 4 is 5.57 Å². The number of fused-ring (bicyclic) bond motifs is 1. The van der Waals surface area contributed by atoms with Crippen LogP contribution in [0.5, 0.6) is 5.75 Å². The van der Waals surface area contributed by atoms with Crippen LogP contribution in [0.4, 0.5) is 0 Å². The van der Waals surface area contributed by atoms with Gasteiger partial charge in [0.1, 0.15) is 11.5 Å². The van der Waals surface area contributed by atoms with Crippen LogP contribution in [0.25, 0.3) is 5.57 Å². The number of hydrogen-bond donors (Lipinski definition) is 0. The van der Waals surface area contributed by atoms with Crippen molar-refractivity contribution in [3.63, 3.8) is 0 Å². The molecule has 82 valence electrons. The molecule has 0 saturated carbocycles. The van der Waals surface area contributed by atoms with Crippen LogP contribution in [0.3, 0.4) is 0 Å². The van der Waals surface area contributed by atoms with Crippen molar-refractivity contribution < 1.29 is 4.74 Å². The van der Waals surface area contributed by atoms with Gasteiger partial charge in [-0.15, -0.1) is 0 Å². The quantitative estimate of drug-likeness (QED) is 0.709. The molecule has 0 bridgehead atoms. The highest BCUT2D eigenvalue weighted by atomic mass is 16.5. The second kappa shape index (κ2) is 4.40. The van der Waals surface area contributed by atoms with Crippen LogP contribution < -0.4 is 4.74 Å². The first kappa shape index (κ1) is 10.7. The highest BCUT2D eigenvalue weighted by Gasteiger charge is 2.19. The zero-order chi connectivity index (χ0) is 11.5. The first-order valence-electron chi connectivity index (χ1n) is 5.60. The van der Waals surface area contributed by atoms with E-state index in [0.29, 0.717) is 0 Å². The third kappa shape index (κ3) is 1.69. The fourth-order valence-corrected chi connectivity index (χ4v) is 1.97. The zero-order valence-electron chi connectivity index (χ0n) is 9.79. The Morgan fingerprint density at radius 1 is 1.31 bits per heavy atom. The Morgan fingerprint density at radius 3 is 2.75 bits per heavy atom. The minimum absolute atomic E-state index is 0.901. The number of hydrogen-bond acceptors (Lipinski definition) is 1. The molecule has 1 aliphatic rings. The van der Waals surface area contributed by atoms with E-state index < -0.39 is 0 Å². The molecule has 1 aromatic rings. The Hall–Kier alpha value is -1.76. The van der Waals surface area contributed by atoms with Crippen LogP contribution in [0.1, 0.15) is 25.8 Å². The maximum atomic E-state index is 5.88. The first-order chi connectivity index (χ1) is 7.77. The Morgan fingerprint density at radius 2 is 2.06 bits per heavy atom. The summed E-state index contributed by atoms with van der Waals surface area (Å²) in [5, 5.41) is 0. The molecule has 1 heterocycles. The lowest BCUT2D eigenvalue weighted by atomic mass is 9.93. The van der Waals surface area contributed by atoms with Crippen LogP contribution in [0.2, 0.25) is 0 Å². The van der Waals surface area contributed by atoms with Crippen LogP contribution in [0.15, 0.2) is 54.3 Å². The van der Waals surface area contributed by atoms with Crippen LogP contribution in [0, 0.1) is 0 Å². The van der Waals surface area contributed by atoms with Gasteiger partial charge in [0.05, 0.1) is 0 Å². The van der Waals surface area contributed by atoms with E-state index in [1.54, 1.807) is 0 Å². The molecule has 0 aliphatic carbocycles. The normalized spacial score (nSPS) is 15.2. The van der Waals surface area contributed by atoms with Crippen molar-refractivity contribution in [1.82, 2.24) is 0 Å². The molecule has 0 saturated heterocycles. The largest absolute Gasteiger partial charge is 0.456 e. The van der Waals surface area contributed by atoms with Gasteiger partial charge in [0, 0.05) is 11.1 Å². The summed E-state index contributed by atoms with van der Waals surface area (Å²) in [7, 11) is 0. The van der Waals surface area contributed by atoms with E-state index in [4.69, 9.17) is 4.74 Å². The number of para-hydroxylation sites is 1. The van der Waals surface area contributed by atoms with Crippen molar-refractivity contribution in [2.75, 3.05) is 0 Å². The molecule has 2 rings (SSSR count). The van der Waals surface area contributed by atoms with Crippen molar-refractivity contribution in [3.05, 3.63) is 59.9 Å². The number of rotatable bonds is 2. The van der Waals surface area contributed by atoms with E-state index >= 15 is 0 Å². The summed E-state index contributed by atoms with van der Waals surface area (Å²) < 4.78 is 5.88.